The number of nitrogens with one attached hydrogen (secondary N) is 1. The van der Waals surface area contributed by atoms with Crippen molar-refractivity contribution >= 4 is 23.2 Å². The number of nitrogens with zero attached hydrogens (tertiary/aromatic N) is 3. The highest BCUT2D eigenvalue weighted by Crippen LogP contribution is 2.39. The molecule has 2 atom stereocenters. The van der Waals surface area contributed by atoms with Crippen molar-refractivity contribution in [3.8, 4) is 0 Å². The maximum Gasteiger partial charge on any atom is 0.243 e. The summed E-state index contributed by atoms with van der Waals surface area (Å²) in [5.74, 6) is 1.38. The molecule has 6 heteroatoms. The van der Waals surface area contributed by atoms with Gasteiger partial charge in [-0.3, -0.25) is 0 Å². The molecule has 5 nitrogen and oxygen atoms in total. The summed E-state index contributed by atoms with van der Waals surface area (Å²) >= 11 is 5.94. The molecule has 0 amide bonds. The van der Waals surface area contributed by atoms with E-state index in [2.05, 4.69) is 15.4 Å². The summed E-state index contributed by atoms with van der Waals surface area (Å²) in [6.45, 7) is 0.831. The minimum atomic E-state index is 0.329. The van der Waals surface area contributed by atoms with E-state index >= 15 is 0 Å². The third-order valence-electron chi connectivity index (χ3n) is 3.83. The Hall–Kier alpha value is -1.33. The van der Waals surface area contributed by atoms with Crippen LogP contribution in [0.15, 0.2) is 18.3 Å². The highest BCUT2D eigenvalue weighted by molar-refractivity contribution is 6.30. The first-order valence-corrected chi connectivity index (χ1v) is 7.07. The Labute approximate surface area is 115 Å². The molecular formula is C13H15ClN4O. The molecule has 1 saturated heterocycles. The van der Waals surface area contributed by atoms with E-state index in [0.717, 1.165) is 24.6 Å². The predicted molar refractivity (Wildman–Crippen MR) is 72.5 cm³/mol. The lowest BCUT2D eigenvalue weighted by Gasteiger charge is -2.18. The number of aromatic nitrogens is 3. The molecule has 2 aromatic rings. The lowest BCUT2D eigenvalue weighted by molar-refractivity contribution is 0.0897. The second-order valence-electron chi connectivity index (χ2n) is 5.30. The third-order valence-corrected chi connectivity index (χ3v) is 4.06. The molecule has 4 rings (SSSR count). The highest BCUT2D eigenvalue weighted by Gasteiger charge is 2.40. The van der Waals surface area contributed by atoms with Crippen molar-refractivity contribution in [3.63, 3.8) is 0 Å². The molecule has 1 saturated carbocycles. The van der Waals surface area contributed by atoms with E-state index in [-0.39, 0.29) is 0 Å². The summed E-state index contributed by atoms with van der Waals surface area (Å²) in [7, 11) is 0. The molecule has 3 heterocycles. The fourth-order valence-electron chi connectivity index (χ4n) is 2.74. The van der Waals surface area contributed by atoms with Gasteiger partial charge in [0.15, 0.2) is 5.65 Å². The normalized spacial score (nSPS) is 27.0. The Morgan fingerprint density at radius 1 is 1.32 bits per heavy atom. The molecule has 0 spiro atoms. The second kappa shape index (κ2) is 4.35. The van der Waals surface area contributed by atoms with Crippen LogP contribution in [0, 0.1) is 5.92 Å². The molecule has 1 N–H and O–H groups in total. The summed E-state index contributed by atoms with van der Waals surface area (Å²) in [6, 6.07) is 4.02. The molecule has 0 radical (unpaired) electrons. The average Bonchev–Trinajstić information content (AvgIpc) is 3.00. The van der Waals surface area contributed by atoms with Crippen LogP contribution >= 0.6 is 11.6 Å². The molecule has 2 unspecified atom stereocenters. The highest BCUT2D eigenvalue weighted by atomic mass is 35.5. The van der Waals surface area contributed by atoms with E-state index in [1.54, 1.807) is 10.7 Å². The molecule has 0 aromatic carbocycles. The van der Waals surface area contributed by atoms with Crippen molar-refractivity contribution < 1.29 is 4.74 Å². The summed E-state index contributed by atoms with van der Waals surface area (Å²) in [6.07, 6.45) is 5.69. The molecule has 19 heavy (non-hydrogen) atoms. The zero-order valence-corrected chi connectivity index (χ0v) is 11.2. The van der Waals surface area contributed by atoms with Crippen molar-refractivity contribution in [1.82, 2.24) is 14.6 Å². The molecule has 2 aromatic heterocycles. The predicted octanol–water partition coefficient (Wildman–Crippen LogP) is 2.36. The van der Waals surface area contributed by atoms with E-state index in [9.17, 15) is 0 Å². The van der Waals surface area contributed by atoms with Gasteiger partial charge in [0.1, 0.15) is 0 Å². The topological polar surface area (TPSA) is 51.5 Å². The smallest absolute Gasteiger partial charge is 0.243 e. The first-order valence-electron chi connectivity index (χ1n) is 6.70. The number of ether oxygens (including phenoxy) is 1. The number of rotatable bonds is 3. The summed E-state index contributed by atoms with van der Waals surface area (Å²) in [5, 5.41) is 8.47. The van der Waals surface area contributed by atoms with Crippen molar-refractivity contribution in [3.05, 3.63) is 23.4 Å². The lowest BCUT2D eigenvalue weighted by Crippen LogP contribution is -2.31. The molecule has 0 bridgehead atoms. The SMILES string of the molecule is Clc1ccc2nc(NC3CCOC3C3CC3)nn2c1. The number of pyridine rings is 1. The van der Waals surface area contributed by atoms with Crippen LogP contribution in [0.4, 0.5) is 5.95 Å². The van der Waals surface area contributed by atoms with E-state index in [4.69, 9.17) is 16.3 Å². The zero-order valence-electron chi connectivity index (χ0n) is 10.4. The van der Waals surface area contributed by atoms with E-state index in [0.29, 0.717) is 23.1 Å². The third kappa shape index (κ3) is 2.17. The lowest BCUT2D eigenvalue weighted by atomic mass is 10.1. The molecular weight excluding hydrogens is 264 g/mol. The Bertz CT molecular complexity index is 610. The van der Waals surface area contributed by atoms with Gasteiger partial charge in [-0.1, -0.05) is 11.6 Å². The summed E-state index contributed by atoms with van der Waals surface area (Å²) in [5.41, 5.74) is 0.800. The minimum Gasteiger partial charge on any atom is -0.376 e. The van der Waals surface area contributed by atoms with Gasteiger partial charge in [0.25, 0.3) is 0 Å². The fraction of sp³-hybridized carbons (Fsp3) is 0.538. The Balaban J connectivity index is 1.57. The molecule has 2 fully saturated rings. The fourth-order valence-corrected chi connectivity index (χ4v) is 2.90. The first-order chi connectivity index (χ1) is 9.29. The van der Waals surface area contributed by atoms with Gasteiger partial charge in [-0.15, -0.1) is 5.10 Å². The minimum absolute atomic E-state index is 0.329. The molecule has 1 aliphatic carbocycles. The Morgan fingerprint density at radius 2 is 2.21 bits per heavy atom. The summed E-state index contributed by atoms with van der Waals surface area (Å²) < 4.78 is 7.51. The van der Waals surface area contributed by atoms with Crippen LogP contribution < -0.4 is 5.32 Å². The number of hydrogen-bond donors (Lipinski definition) is 1. The van der Waals surface area contributed by atoms with Gasteiger partial charge in [0.05, 0.1) is 17.2 Å². The van der Waals surface area contributed by atoms with E-state index in [1.807, 2.05) is 12.1 Å². The van der Waals surface area contributed by atoms with Gasteiger partial charge in [-0.2, -0.15) is 4.98 Å². The van der Waals surface area contributed by atoms with Crippen LogP contribution in [0.2, 0.25) is 5.02 Å². The average molecular weight is 279 g/mol. The van der Waals surface area contributed by atoms with Crippen LogP contribution in [0.5, 0.6) is 0 Å². The maximum atomic E-state index is 5.94. The van der Waals surface area contributed by atoms with Crippen LogP contribution in [-0.4, -0.2) is 33.4 Å². The number of fused-ring (bicyclic) bond motifs is 1. The van der Waals surface area contributed by atoms with Crippen molar-refractivity contribution in [2.75, 3.05) is 11.9 Å². The monoisotopic (exact) mass is 278 g/mol. The van der Waals surface area contributed by atoms with Gasteiger partial charge >= 0.3 is 0 Å². The Morgan fingerprint density at radius 3 is 3.05 bits per heavy atom. The van der Waals surface area contributed by atoms with Crippen molar-refractivity contribution in [1.29, 1.82) is 0 Å². The second-order valence-corrected chi connectivity index (χ2v) is 5.73. The number of hydrogen-bond acceptors (Lipinski definition) is 4. The zero-order chi connectivity index (χ0) is 12.8. The number of halogens is 1. The molecule has 1 aliphatic heterocycles. The summed E-state index contributed by atoms with van der Waals surface area (Å²) in [4.78, 5) is 4.46. The van der Waals surface area contributed by atoms with Crippen LogP contribution in [0.3, 0.4) is 0 Å². The maximum absolute atomic E-state index is 5.94. The number of anilines is 1. The Kier molecular flexibility index (Phi) is 2.63. The first kappa shape index (κ1) is 11.5. The molecule has 2 aliphatic rings. The van der Waals surface area contributed by atoms with Gasteiger partial charge in [-0.05, 0) is 37.3 Å². The van der Waals surface area contributed by atoms with Crippen LogP contribution in [0.1, 0.15) is 19.3 Å². The molecule has 100 valence electrons. The van der Waals surface area contributed by atoms with E-state index < -0.39 is 0 Å². The van der Waals surface area contributed by atoms with Crippen LogP contribution in [0.25, 0.3) is 5.65 Å². The largest absolute Gasteiger partial charge is 0.376 e. The van der Waals surface area contributed by atoms with Gasteiger partial charge in [-0.25, -0.2) is 4.52 Å². The van der Waals surface area contributed by atoms with Crippen molar-refractivity contribution in [2.24, 2.45) is 5.92 Å². The van der Waals surface area contributed by atoms with Crippen molar-refractivity contribution in [2.45, 2.75) is 31.4 Å². The van der Waals surface area contributed by atoms with Gasteiger partial charge < -0.3 is 10.1 Å². The van der Waals surface area contributed by atoms with E-state index in [1.165, 1.54) is 12.8 Å². The standard InChI is InChI=1S/C13H15ClN4O/c14-9-3-4-11-16-13(17-18(11)7-9)15-10-5-6-19-12(10)8-1-2-8/h3-4,7-8,10,12H,1-2,5-6H2,(H,15,17). The van der Waals surface area contributed by atoms with Gasteiger partial charge in [0, 0.05) is 12.8 Å². The quantitative estimate of drug-likeness (QED) is 0.936. The van der Waals surface area contributed by atoms with Gasteiger partial charge in [0.2, 0.25) is 5.95 Å². The van der Waals surface area contributed by atoms with Crippen LogP contribution in [-0.2, 0) is 4.74 Å².